The average molecular weight is 232 g/mol. The molecular weight excluding hydrogens is 229 g/mol. The summed E-state index contributed by atoms with van der Waals surface area (Å²) in [5.74, 6) is 0. The third-order valence-corrected chi connectivity index (χ3v) is 2.67. The third-order valence-electron chi connectivity index (χ3n) is 0.994. The first-order valence-electron chi connectivity index (χ1n) is 3.14. The lowest BCUT2D eigenvalue weighted by Crippen LogP contribution is -1.82. The van der Waals surface area contributed by atoms with Crippen LogP contribution in [0.2, 0.25) is 0 Å². The maximum absolute atomic E-state index is 8.40. The Bertz CT molecular complexity index is 358. The second-order valence-electron chi connectivity index (χ2n) is 1.83. The highest BCUT2D eigenvalue weighted by atomic mass is 35.5. The van der Waals surface area contributed by atoms with Crippen LogP contribution in [-0.4, -0.2) is 9.97 Å². The molecule has 1 aromatic rings. The quantitative estimate of drug-likeness (QED) is 0.447. The molecule has 66 valence electrons. The summed E-state index contributed by atoms with van der Waals surface area (Å²) in [5, 5.41) is 8.81. The van der Waals surface area contributed by atoms with Crippen LogP contribution in [0.4, 0.5) is 0 Å². The van der Waals surface area contributed by atoms with Crippen LogP contribution in [0.3, 0.4) is 0 Å². The molecule has 0 saturated heterocycles. The van der Waals surface area contributed by atoms with E-state index in [2.05, 4.69) is 9.97 Å². The molecule has 6 heteroatoms. The maximum Gasteiger partial charge on any atom is 0.193 e. The molecule has 0 saturated carbocycles. The molecule has 0 aliphatic carbocycles. The molecule has 0 aromatic carbocycles. The Kier molecular flexibility index (Phi) is 4.03. The molecular formula is C7H3Cl2N3S. The molecule has 1 heterocycles. The van der Waals surface area contributed by atoms with Gasteiger partial charge in [-0.2, -0.15) is 5.26 Å². The summed E-state index contributed by atoms with van der Waals surface area (Å²) in [6.07, 6.45) is 3.17. The molecule has 0 bridgehead atoms. The van der Waals surface area contributed by atoms with Gasteiger partial charge in [-0.3, -0.25) is 0 Å². The standard InChI is InChI=1S/C7H3Cl2N3S/c8-5(4-10)6(9)13-7-11-2-1-3-12-7/h1-3H/b6-5-. The van der Waals surface area contributed by atoms with Crippen molar-refractivity contribution in [1.82, 2.24) is 9.97 Å². The van der Waals surface area contributed by atoms with Gasteiger partial charge in [-0.1, -0.05) is 23.2 Å². The molecule has 0 fully saturated rings. The smallest absolute Gasteiger partial charge is 0.193 e. The largest absolute Gasteiger partial charge is 0.231 e. The van der Waals surface area contributed by atoms with Gasteiger partial charge in [0.15, 0.2) is 5.16 Å². The zero-order valence-corrected chi connectivity index (χ0v) is 8.57. The number of halogens is 2. The Hall–Kier alpha value is -0.760. The number of aromatic nitrogens is 2. The van der Waals surface area contributed by atoms with Crippen LogP contribution in [0.1, 0.15) is 0 Å². The Morgan fingerprint density at radius 3 is 2.54 bits per heavy atom. The van der Waals surface area contributed by atoms with E-state index in [-0.39, 0.29) is 9.40 Å². The van der Waals surface area contributed by atoms with Crippen molar-refractivity contribution in [3.8, 4) is 6.07 Å². The van der Waals surface area contributed by atoms with E-state index in [1.807, 2.05) is 0 Å². The van der Waals surface area contributed by atoms with E-state index >= 15 is 0 Å². The number of allylic oxidation sites excluding steroid dienone is 1. The van der Waals surface area contributed by atoms with Crippen molar-refractivity contribution in [3.63, 3.8) is 0 Å². The SMILES string of the molecule is N#C/C(Cl)=C(\Cl)Sc1ncccn1. The number of nitriles is 1. The van der Waals surface area contributed by atoms with Gasteiger partial charge >= 0.3 is 0 Å². The van der Waals surface area contributed by atoms with Crippen LogP contribution in [0.25, 0.3) is 0 Å². The predicted molar refractivity (Wildman–Crippen MR) is 52.2 cm³/mol. The van der Waals surface area contributed by atoms with Crippen molar-refractivity contribution in [2.75, 3.05) is 0 Å². The molecule has 0 spiro atoms. The Morgan fingerprint density at radius 2 is 2.00 bits per heavy atom. The van der Waals surface area contributed by atoms with Gasteiger partial charge in [0.25, 0.3) is 0 Å². The second-order valence-corrected chi connectivity index (χ2v) is 3.79. The van der Waals surface area contributed by atoms with E-state index in [0.29, 0.717) is 5.16 Å². The molecule has 1 rings (SSSR count). The summed E-state index contributed by atoms with van der Waals surface area (Å²) < 4.78 is 0.176. The van der Waals surface area contributed by atoms with Gasteiger partial charge < -0.3 is 0 Å². The molecule has 0 radical (unpaired) electrons. The Balaban J connectivity index is 2.78. The number of nitrogens with zero attached hydrogens (tertiary/aromatic N) is 3. The maximum atomic E-state index is 8.40. The van der Waals surface area contributed by atoms with Crippen LogP contribution < -0.4 is 0 Å². The van der Waals surface area contributed by atoms with Gasteiger partial charge in [0.05, 0.1) is 0 Å². The number of thioether (sulfide) groups is 1. The van der Waals surface area contributed by atoms with Crippen LogP contribution in [0.5, 0.6) is 0 Å². The second kappa shape index (κ2) is 5.07. The minimum absolute atomic E-state index is 0.0564. The van der Waals surface area contributed by atoms with Gasteiger partial charge in [0.1, 0.15) is 15.5 Å². The van der Waals surface area contributed by atoms with Crippen molar-refractivity contribution in [1.29, 1.82) is 5.26 Å². The minimum Gasteiger partial charge on any atom is -0.231 e. The summed E-state index contributed by atoms with van der Waals surface area (Å²) in [7, 11) is 0. The van der Waals surface area contributed by atoms with Gasteiger partial charge in [-0.25, -0.2) is 9.97 Å². The minimum atomic E-state index is -0.0564. The van der Waals surface area contributed by atoms with E-state index in [9.17, 15) is 0 Å². The first kappa shape index (κ1) is 10.3. The molecule has 3 nitrogen and oxygen atoms in total. The lowest BCUT2D eigenvalue weighted by Gasteiger charge is -1.95. The summed E-state index contributed by atoms with van der Waals surface area (Å²) in [6.45, 7) is 0. The monoisotopic (exact) mass is 231 g/mol. The van der Waals surface area contributed by atoms with Crippen molar-refractivity contribution < 1.29 is 0 Å². The summed E-state index contributed by atoms with van der Waals surface area (Å²) in [4.78, 5) is 7.80. The lowest BCUT2D eigenvalue weighted by atomic mass is 10.7. The van der Waals surface area contributed by atoms with Crippen LogP contribution in [-0.2, 0) is 0 Å². The fraction of sp³-hybridized carbons (Fsp3) is 0. The van der Waals surface area contributed by atoms with E-state index in [1.54, 1.807) is 24.5 Å². The fourth-order valence-corrected chi connectivity index (χ4v) is 1.39. The van der Waals surface area contributed by atoms with E-state index < -0.39 is 0 Å². The molecule has 0 atom stereocenters. The van der Waals surface area contributed by atoms with Crippen molar-refractivity contribution in [3.05, 3.63) is 27.9 Å². The molecule has 13 heavy (non-hydrogen) atoms. The Labute approximate surface area is 89.4 Å². The lowest BCUT2D eigenvalue weighted by molar-refractivity contribution is 0.971. The van der Waals surface area contributed by atoms with Gasteiger partial charge in [-0.05, 0) is 17.8 Å². The van der Waals surface area contributed by atoms with E-state index in [4.69, 9.17) is 28.5 Å². The molecule has 0 aliphatic heterocycles. The van der Waals surface area contributed by atoms with E-state index in [0.717, 1.165) is 11.8 Å². The summed E-state index contributed by atoms with van der Waals surface area (Å²) in [6, 6.07) is 3.41. The van der Waals surface area contributed by atoms with Gasteiger partial charge in [0, 0.05) is 12.4 Å². The molecule has 1 aromatic heterocycles. The molecule has 0 aliphatic rings. The summed E-state index contributed by atoms with van der Waals surface area (Å²) in [5.41, 5.74) is 0. The fourth-order valence-electron chi connectivity index (χ4n) is 0.507. The third kappa shape index (κ3) is 3.23. The van der Waals surface area contributed by atoms with Crippen LogP contribution >= 0.6 is 35.0 Å². The predicted octanol–water partition coefficient (Wildman–Crippen LogP) is 2.74. The normalized spacial score (nSPS) is 11.8. The number of hydrogen-bond donors (Lipinski definition) is 0. The zero-order valence-electron chi connectivity index (χ0n) is 6.24. The van der Waals surface area contributed by atoms with Crippen molar-refractivity contribution >= 4 is 35.0 Å². The zero-order chi connectivity index (χ0) is 9.68. The highest BCUT2D eigenvalue weighted by Crippen LogP contribution is 2.30. The summed E-state index contributed by atoms with van der Waals surface area (Å²) >= 11 is 12.2. The molecule has 0 N–H and O–H groups in total. The van der Waals surface area contributed by atoms with E-state index in [1.165, 1.54) is 0 Å². The van der Waals surface area contributed by atoms with Gasteiger partial charge in [0.2, 0.25) is 0 Å². The number of rotatable bonds is 2. The topological polar surface area (TPSA) is 49.6 Å². The highest BCUT2D eigenvalue weighted by molar-refractivity contribution is 8.04. The molecule has 0 unspecified atom stereocenters. The Morgan fingerprint density at radius 1 is 1.38 bits per heavy atom. The van der Waals surface area contributed by atoms with Gasteiger partial charge in [-0.15, -0.1) is 0 Å². The first-order chi connectivity index (χ1) is 6.24. The van der Waals surface area contributed by atoms with Crippen LogP contribution in [0, 0.1) is 11.3 Å². The molecule has 0 amide bonds. The highest BCUT2D eigenvalue weighted by Gasteiger charge is 2.04. The number of hydrogen-bond acceptors (Lipinski definition) is 4. The first-order valence-corrected chi connectivity index (χ1v) is 4.71. The average Bonchev–Trinajstić information content (AvgIpc) is 2.18. The van der Waals surface area contributed by atoms with Crippen molar-refractivity contribution in [2.45, 2.75) is 5.16 Å². The van der Waals surface area contributed by atoms with Crippen LogP contribution in [0.15, 0.2) is 33.0 Å². The van der Waals surface area contributed by atoms with Crippen molar-refractivity contribution in [2.24, 2.45) is 0 Å².